The predicted octanol–water partition coefficient (Wildman–Crippen LogP) is 1.92. The number of fused-ring (bicyclic) bond motifs is 1. The number of nitrogens with two attached hydrogens (primary N) is 1. The fraction of sp³-hybridized carbons (Fsp3) is 0.333. The average molecular weight is 372 g/mol. The largest absolute Gasteiger partial charge is 0.508 e. The van der Waals surface area contributed by atoms with Crippen molar-refractivity contribution < 1.29 is 22.5 Å². The fourth-order valence-corrected chi connectivity index (χ4v) is 3.62. The summed E-state index contributed by atoms with van der Waals surface area (Å²) in [6.07, 6.45) is 0.272. The van der Waals surface area contributed by atoms with Crippen LogP contribution in [0.5, 0.6) is 5.75 Å². The molecule has 6 heteroatoms. The minimum atomic E-state index is -1.08. The highest BCUT2D eigenvalue weighted by Crippen LogP contribution is 2.26. The summed E-state index contributed by atoms with van der Waals surface area (Å²) in [5.74, 6) is -1.97. The van der Waals surface area contributed by atoms with Gasteiger partial charge in [-0.1, -0.05) is 24.3 Å². The van der Waals surface area contributed by atoms with Crippen LogP contribution in [-0.2, 0) is 29.0 Å². The van der Waals surface area contributed by atoms with Gasteiger partial charge in [-0.05, 0) is 60.2 Å². The van der Waals surface area contributed by atoms with Gasteiger partial charge in [0.2, 0.25) is 5.91 Å². The zero-order chi connectivity index (χ0) is 21.5. The third-order valence-electron chi connectivity index (χ3n) is 5.08. The van der Waals surface area contributed by atoms with Gasteiger partial charge >= 0.3 is 5.97 Å². The Morgan fingerprint density at radius 2 is 1.85 bits per heavy atom. The van der Waals surface area contributed by atoms with Crippen LogP contribution >= 0.6 is 0 Å². The summed E-state index contributed by atoms with van der Waals surface area (Å²) >= 11 is 0. The molecule has 1 heterocycles. The lowest BCUT2D eigenvalue weighted by Crippen LogP contribution is -2.54. The Morgan fingerprint density at radius 1 is 1.26 bits per heavy atom. The quantitative estimate of drug-likeness (QED) is 0.761. The number of carbonyl (C=O) groups is 2. The van der Waals surface area contributed by atoms with Crippen molar-refractivity contribution in [1.29, 1.82) is 0 Å². The van der Waals surface area contributed by atoms with Crippen molar-refractivity contribution >= 4 is 11.9 Å². The van der Waals surface area contributed by atoms with E-state index in [1.54, 1.807) is 13.8 Å². The van der Waals surface area contributed by atoms with Gasteiger partial charge in [0.05, 0.1) is 8.78 Å². The molecule has 0 spiro atoms. The number of rotatable bonds is 4. The van der Waals surface area contributed by atoms with Crippen molar-refractivity contribution in [3.8, 4) is 5.75 Å². The Labute approximate surface area is 161 Å². The maximum Gasteiger partial charge on any atom is 0.326 e. The van der Waals surface area contributed by atoms with E-state index in [9.17, 15) is 19.8 Å². The first-order valence-electron chi connectivity index (χ1n) is 9.77. The Balaban J connectivity index is 1.90. The van der Waals surface area contributed by atoms with E-state index in [4.69, 9.17) is 8.48 Å². The van der Waals surface area contributed by atoms with Crippen molar-refractivity contribution in [2.24, 2.45) is 5.73 Å². The molecule has 0 fully saturated rings. The van der Waals surface area contributed by atoms with E-state index in [0.717, 1.165) is 11.1 Å². The number of nitrogens with zero attached hydrogens (tertiary/aromatic N) is 1. The van der Waals surface area contributed by atoms with Crippen LogP contribution in [0.2, 0.25) is 0 Å². The molecule has 0 aliphatic carbocycles. The summed E-state index contributed by atoms with van der Waals surface area (Å²) in [6.45, 7) is 3.44. The van der Waals surface area contributed by atoms with E-state index in [1.165, 1.54) is 4.90 Å². The second kappa shape index (κ2) is 7.40. The third kappa shape index (κ3) is 3.80. The summed E-state index contributed by atoms with van der Waals surface area (Å²) in [4.78, 5) is 26.2. The number of hydrogen-bond acceptors (Lipinski definition) is 4. The maximum atomic E-state index is 13.1. The molecule has 27 heavy (non-hydrogen) atoms. The van der Waals surface area contributed by atoms with E-state index in [-0.39, 0.29) is 31.5 Å². The zero-order valence-corrected chi connectivity index (χ0v) is 15.3. The first-order valence-corrected chi connectivity index (χ1v) is 8.77. The summed E-state index contributed by atoms with van der Waals surface area (Å²) in [6, 6.07) is 5.07. The minimum Gasteiger partial charge on any atom is -0.508 e. The van der Waals surface area contributed by atoms with Gasteiger partial charge in [-0.2, -0.15) is 0 Å². The average Bonchev–Trinajstić information content (AvgIpc) is 2.72. The smallest absolute Gasteiger partial charge is 0.326 e. The lowest BCUT2D eigenvalue weighted by molar-refractivity contribution is -0.152. The SMILES string of the molecule is [3H]c1c(C)c(C[C@H](N)C(=O)N2Cc3ccccc3CC2C(=O)O)c(C)c([3H])c1O. The van der Waals surface area contributed by atoms with Gasteiger partial charge in [0, 0.05) is 13.0 Å². The van der Waals surface area contributed by atoms with Gasteiger partial charge in [0.1, 0.15) is 11.8 Å². The maximum absolute atomic E-state index is 13.1. The number of aliphatic carboxylic acids is 1. The Bertz CT molecular complexity index is 964. The molecule has 6 nitrogen and oxygen atoms in total. The van der Waals surface area contributed by atoms with Gasteiger partial charge < -0.3 is 20.8 Å². The molecule has 0 saturated carbocycles. The van der Waals surface area contributed by atoms with Gasteiger partial charge in [-0.3, -0.25) is 4.79 Å². The van der Waals surface area contributed by atoms with Crippen molar-refractivity contribution in [1.82, 2.24) is 4.90 Å². The monoisotopic (exact) mass is 372 g/mol. The Kier molecular flexibility index (Phi) is 4.48. The lowest BCUT2D eigenvalue weighted by atomic mass is 9.92. The highest BCUT2D eigenvalue weighted by atomic mass is 16.4. The number of amides is 1. The molecule has 1 unspecified atom stereocenters. The number of carboxylic acid groups (broad SMARTS) is 1. The summed E-state index contributed by atoms with van der Waals surface area (Å²) in [5.41, 5.74) is 9.44. The van der Waals surface area contributed by atoms with Crippen molar-refractivity contribution in [3.63, 3.8) is 0 Å². The van der Waals surface area contributed by atoms with Gasteiger partial charge in [-0.25, -0.2) is 4.79 Å². The highest BCUT2D eigenvalue weighted by molar-refractivity contribution is 5.88. The molecule has 1 aliphatic heterocycles. The number of aromatic hydroxyl groups is 1. The second-order valence-electron chi connectivity index (χ2n) is 6.93. The van der Waals surface area contributed by atoms with E-state index < -0.39 is 29.7 Å². The van der Waals surface area contributed by atoms with Gasteiger partial charge in [-0.15, -0.1) is 0 Å². The zero-order valence-electron chi connectivity index (χ0n) is 17.3. The number of carbonyl (C=O) groups excluding carboxylic acids is 1. The predicted molar refractivity (Wildman–Crippen MR) is 101 cm³/mol. The molecule has 2 aromatic carbocycles. The van der Waals surface area contributed by atoms with Crippen molar-refractivity contribution in [2.45, 2.75) is 45.3 Å². The molecule has 0 radical (unpaired) electrons. The molecule has 0 saturated heterocycles. The standard InChI is InChI=1S/C21H24N2O4/c1-12-7-16(24)8-13(2)17(12)10-18(22)20(25)23-11-15-6-4-3-5-14(15)9-19(23)21(26)27/h3-8,18-19,24H,9-11,22H2,1-2H3,(H,26,27)/t18-,19?/m0/s1/i7T,8T. The molecule has 4 N–H and O–H groups in total. The van der Waals surface area contributed by atoms with Crippen LogP contribution in [-0.4, -0.2) is 39.1 Å². The molecule has 0 bridgehead atoms. The normalized spacial score (nSPS) is 18.3. The van der Waals surface area contributed by atoms with Crippen LogP contribution in [0.25, 0.3) is 0 Å². The fourth-order valence-electron chi connectivity index (χ4n) is 3.62. The first kappa shape index (κ1) is 16.3. The van der Waals surface area contributed by atoms with Crippen LogP contribution in [0.15, 0.2) is 36.4 Å². The van der Waals surface area contributed by atoms with Crippen LogP contribution < -0.4 is 5.73 Å². The molecule has 2 aromatic rings. The number of benzene rings is 2. The molecule has 1 amide bonds. The second-order valence-corrected chi connectivity index (χ2v) is 6.93. The molecule has 2 atom stereocenters. The molecular formula is C21H24N2O4. The number of phenols is 1. The topological polar surface area (TPSA) is 104 Å². The summed E-state index contributed by atoms with van der Waals surface area (Å²) < 4.78 is 15.9. The van der Waals surface area contributed by atoms with Crippen molar-refractivity contribution in [2.75, 3.05) is 0 Å². The number of phenolic OH excluding ortho intramolecular Hbond substituents is 1. The van der Waals surface area contributed by atoms with Gasteiger partial charge in [0.15, 0.2) is 0 Å². The molecule has 142 valence electrons. The third-order valence-corrected chi connectivity index (χ3v) is 5.08. The molecule has 3 rings (SSSR count). The van der Waals surface area contributed by atoms with Crippen molar-refractivity contribution in [3.05, 3.63) is 64.2 Å². The van der Waals surface area contributed by atoms with Crippen LogP contribution in [0.1, 0.15) is 30.6 Å². The molecular weight excluding hydrogens is 344 g/mol. The minimum absolute atomic E-state index is 0.0546. The number of carboxylic acids is 1. The van der Waals surface area contributed by atoms with Crippen LogP contribution in [0, 0.1) is 13.8 Å². The lowest BCUT2D eigenvalue weighted by Gasteiger charge is -2.36. The van der Waals surface area contributed by atoms with E-state index in [2.05, 4.69) is 0 Å². The van der Waals surface area contributed by atoms with Gasteiger partial charge in [0.25, 0.3) is 0 Å². The molecule has 1 aliphatic rings. The Morgan fingerprint density at radius 3 is 2.44 bits per heavy atom. The van der Waals surface area contributed by atoms with E-state index >= 15 is 0 Å². The Hall–Kier alpha value is -2.86. The number of hydrogen-bond donors (Lipinski definition) is 3. The molecule has 0 aromatic heterocycles. The highest BCUT2D eigenvalue weighted by Gasteiger charge is 2.36. The van der Waals surface area contributed by atoms with E-state index in [0.29, 0.717) is 16.7 Å². The van der Waals surface area contributed by atoms with E-state index in [1.807, 2.05) is 24.3 Å². The summed E-state index contributed by atoms with van der Waals surface area (Å²) in [7, 11) is 0. The van der Waals surface area contributed by atoms with Crippen LogP contribution in [0.4, 0.5) is 0 Å². The first-order chi connectivity index (χ1) is 13.6. The summed E-state index contributed by atoms with van der Waals surface area (Å²) in [5, 5.41) is 19.5. The van der Waals surface area contributed by atoms with Crippen LogP contribution in [0.3, 0.4) is 0 Å².